The van der Waals surface area contributed by atoms with E-state index in [4.69, 9.17) is 14.6 Å². The van der Waals surface area contributed by atoms with E-state index >= 15 is 0 Å². The van der Waals surface area contributed by atoms with Crippen molar-refractivity contribution in [1.29, 1.82) is 0 Å². The van der Waals surface area contributed by atoms with Crippen molar-refractivity contribution in [2.75, 3.05) is 0 Å². The predicted molar refractivity (Wildman–Crippen MR) is 72.7 cm³/mol. The lowest BCUT2D eigenvalue weighted by atomic mass is 10.0. The molecule has 0 aliphatic carbocycles. The van der Waals surface area contributed by atoms with E-state index in [1.807, 2.05) is 0 Å². The summed E-state index contributed by atoms with van der Waals surface area (Å²) in [5, 5.41) is 37.2. The minimum atomic E-state index is -1.52. The highest BCUT2D eigenvalue weighted by atomic mass is 16.4. The zero-order valence-corrected chi connectivity index (χ0v) is 11.1. The van der Waals surface area contributed by atoms with Crippen LogP contribution in [0.1, 0.15) is 28.4 Å². The van der Waals surface area contributed by atoms with Gasteiger partial charge in [0.1, 0.15) is 17.3 Å². The van der Waals surface area contributed by atoms with E-state index < -0.39 is 41.8 Å². The molecule has 0 amide bonds. The van der Waals surface area contributed by atoms with E-state index in [1.165, 1.54) is 18.2 Å². The molecular weight excluding hydrogens is 296 g/mol. The summed E-state index contributed by atoms with van der Waals surface area (Å²) in [6, 6.07) is 5.08. The van der Waals surface area contributed by atoms with Gasteiger partial charge in [-0.3, -0.25) is 4.79 Å². The Morgan fingerprint density at radius 2 is 1.82 bits per heavy atom. The van der Waals surface area contributed by atoms with Crippen molar-refractivity contribution in [2.24, 2.45) is 0 Å². The molecule has 22 heavy (non-hydrogen) atoms. The summed E-state index contributed by atoms with van der Waals surface area (Å²) in [4.78, 5) is 32.8. The second-order valence-electron chi connectivity index (χ2n) is 4.66. The summed E-state index contributed by atoms with van der Waals surface area (Å²) in [5.41, 5.74) is -1.28. The first-order valence-corrected chi connectivity index (χ1v) is 6.18. The van der Waals surface area contributed by atoms with Crippen LogP contribution in [0, 0.1) is 0 Å². The van der Waals surface area contributed by atoms with Crippen LogP contribution in [0.2, 0.25) is 0 Å². The third-order valence-electron chi connectivity index (χ3n) is 3.08. The van der Waals surface area contributed by atoms with Crippen LogP contribution in [0.4, 0.5) is 0 Å². The van der Waals surface area contributed by atoms with Crippen LogP contribution < -0.4 is 5.63 Å². The summed E-state index contributed by atoms with van der Waals surface area (Å²) in [6.07, 6.45) is -3.64. The number of fused-ring (bicyclic) bond motifs is 1. The van der Waals surface area contributed by atoms with Crippen LogP contribution >= 0.6 is 0 Å². The fourth-order valence-electron chi connectivity index (χ4n) is 1.99. The molecule has 0 radical (unpaired) electrons. The molecule has 4 N–H and O–H groups in total. The van der Waals surface area contributed by atoms with Crippen LogP contribution in [-0.4, -0.2) is 38.5 Å². The predicted octanol–water partition coefficient (Wildman–Crippen LogP) is 0.360. The molecular formula is C14H12O8. The van der Waals surface area contributed by atoms with Crippen molar-refractivity contribution in [2.45, 2.75) is 18.6 Å². The molecule has 2 atom stereocenters. The second-order valence-corrected chi connectivity index (χ2v) is 4.66. The molecule has 0 fully saturated rings. The van der Waals surface area contributed by atoms with Crippen LogP contribution in [-0.2, 0) is 4.79 Å². The van der Waals surface area contributed by atoms with Gasteiger partial charge in [0.25, 0.3) is 0 Å². The SMILES string of the molecule is O=C(O)CC(O)C(O)c1ccc2oc(=O)c(C(=O)O)cc2c1. The van der Waals surface area contributed by atoms with Crippen LogP contribution in [0.25, 0.3) is 11.0 Å². The Bertz CT molecular complexity index is 791. The van der Waals surface area contributed by atoms with Gasteiger partial charge in [-0.1, -0.05) is 6.07 Å². The highest BCUT2D eigenvalue weighted by Crippen LogP contribution is 2.23. The third-order valence-corrected chi connectivity index (χ3v) is 3.08. The lowest BCUT2D eigenvalue weighted by Gasteiger charge is -2.16. The third kappa shape index (κ3) is 3.13. The number of hydrogen-bond donors (Lipinski definition) is 4. The minimum absolute atomic E-state index is 0.110. The van der Waals surface area contributed by atoms with Gasteiger partial charge in [-0.2, -0.15) is 0 Å². The average molecular weight is 308 g/mol. The number of aromatic carboxylic acids is 1. The number of aliphatic hydroxyl groups excluding tert-OH is 2. The average Bonchev–Trinajstić information content (AvgIpc) is 2.44. The fraction of sp³-hybridized carbons (Fsp3) is 0.214. The Balaban J connectivity index is 2.45. The van der Waals surface area contributed by atoms with E-state index in [0.29, 0.717) is 0 Å². The van der Waals surface area contributed by atoms with Gasteiger partial charge in [-0.25, -0.2) is 9.59 Å². The highest BCUT2D eigenvalue weighted by Gasteiger charge is 2.22. The van der Waals surface area contributed by atoms with Crippen LogP contribution in [0.5, 0.6) is 0 Å². The molecule has 0 aliphatic heterocycles. The Hall–Kier alpha value is -2.71. The number of carboxylic acids is 2. The summed E-state index contributed by atoms with van der Waals surface area (Å²) in [7, 11) is 0. The van der Waals surface area contributed by atoms with Gasteiger partial charge in [0.05, 0.1) is 12.5 Å². The van der Waals surface area contributed by atoms with Crippen molar-refractivity contribution in [3.8, 4) is 0 Å². The first-order chi connectivity index (χ1) is 10.3. The van der Waals surface area contributed by atoms with Gasteiger partial charge in [0.15, 0.2) is 0 Å². The smallest absolute Gasteiger partial charge is 0.351 e. The van der Waals surface area contributed by atoms with Crippen molar-refractivity contribution >= 4 is 22.9 Å². The van der Waals surface area contributed by atoms with E-state index in [-0.39, 0.29) is 16.5 Å². The lowest BCUT2D eigenvalue weighted by molar-refractivity contribution is -0.141. The molecule has 1 aromatic heterocycles. The van der Waals surface area contributed by atoms with Gasteiger partial charge >= 0.3 is 17.6 Å². The molecule has 1 aromatic carbocycles. The van der Waals surface area contributed by atoms with Gasteiger partial charge in [0.2, 0.25) is 0 Å². The fourth-order valence-corrected chi connectivity index (χ4v) is 1.99. The van der Waals surface area contributed by atoms with Gasteiger partial charge in [-0.05, 0) is 23.8 Å². The normalized spacial score (nSPS) is 13.7. The van der Waals surface area contributed by atoms with Gasteiger partial charge in [0, 0.05) is 5.39 Å². The number of carboxylic acid groups (broad SMARTS) is 2. The summed E-state index contributed by atoms with van der Waals surface area (Å²) < 4.78 is 4.84. The molecule has 0 aliphatic rings. The van der Waals surface area contributed by atoms with Gasteiger partial charge in [-0.15, -0.1) is 0 Å². The maximum atomic E-state index is 11.4. The Kier molecular flexibility index (Phi) is 4.25. The Morgan fingerprint density at radius 3 is 2.41 bits per heavy atom. The number of rotatable bonds is 5. The molecule has 8 heteroatoms. The van der Waals surface area contributed by atoms with E-state index in [9.17, 15) is 24.6 Å². The molecule has 0 spiro atoms. The standard InChI is InChI=1S/C14H12O8/c15-9(5-11(16)17)12(18)6-1-2-10-7(3-6)4-8(13(19)20)14(21)22-10/h1-4,9,12,15,18H,5H2,(H,16,17)(H,19,20). The molecule has 0 saturated carbocycles. The first kappa shape index (κ1) is 15.7. The van der Waals surface area contributed by atoms with Crippen molar-refractivity contribution in [3.05, 3.63) is 45.8 Å². The lowest BCUT2D eigenvalue weighted by Crippen LogP contribution is -2.21. The molecule has 116 valence electrons. The van der Waals surface area contributed by atoms with Crippen molar-refractivity contribution in [1.82, 2.24) is 0 Å². The van der Waals surface area contributed by atoms with Crippen molar-refractivity contribution in [3.63, 3.8) is 0 Å². The summed E-state index contributed by atoms with van der Waals surface area (Å²) >= 11 is 0. The van der Waals surface area contributed by atoms with Crippen LogP contribution in [0.15, 0.2) is 33.5 Å². The maximum Gasteiger partial charge on any atom is 0.351 e. The quantitative estimate of drug-likeness (QED) is 0.579. The molecule has 1 heterocycles. The molecule has 2 aromatic rings. The Labute approximate surface area is 122 Å². The summed E-state index contributed by atoms with van der Waals surface area (Å²) in [5.74, 6) is -2.72. The largest absolute Gasteiger partial charge is 0.481 e. The van der Waals surface area contributed by atoms with Crippen LogP contribution in [0.3, 0.4) is 0 Å². The van der Waals surface area contributed by atoms with Crippen molar-refractivity contribution < 1.29 is 34.4 Å². The molecule has 2 unspecified atom stereocenters. The van der Waals surface area contributed by atoms with E-state index in [1.54, 1.807) is 0 Å². The number of carbonyl (C=O) groups is 2. The van der Waals surface area contributed by atoms with Gasteiger partial charge < -0.3 is 24.8 Å². The summed E-state index contributed by atoms with van der Waals surface area (Å²) in [6.45, 7) is 0. The number of hydrogen-bond acceptors (Lipinski definition) is 6. The monoisotopic (exact) mass is 308 g/mol. The zero-order valence-electron chi connectivity index (χ0n) is 11.1. The topological polar surface area (TPSA) is 145 Å². The van der Waals surface area contributed by atoms with E-state index in [0.717, 1.165) is 6.07 Å². The van der Waals surface area contributed by atoms with E-state index in [2.05, 4.69) is 0 Å². The first-order valence-electron chi connectivity index (χ1n) is 6.18. The molecule has 0 saturated heterocycles. The maximum absolute atomic E-state index is 11.4. The minimum Gasteiger partial charge on any atom is -0.481 e. The zero-order chi connectivity index (χ0) is 16.4. The molecule has 2 rings (SSSR count). The Morgan fingerprint density at radius 1 is 1.14 bits per heavy atom. The number of aliphatic carboxylic acids is 1. The number of aliphatic hydroxyl groups is 2. The second kappa shape index (κ2) is 5.96. The molecule has 0 bridgehead atoms. The molecule has 8 nitrogen and oxygen atoms in total. The highest BCUT2D eigenvalue weighted by molar-refractivity contribution is 5.91. The number of benzene rings is 1.